The first-order chi connectivity index (χ1) is 9.74. The molecule has 0 aliphatic rings. The van der Waals surface area contributed by atoms with Crippen molar-refractivity contribution in [2.75, 3.05) is 0 Å². The van der Waals surface area contributed by atoms with Crippen LogP contribution in [0.15, 0.2) is 58.1 Å². The molecule has 2 aromatic carbocycles. The molecule has 2 aromatic heterocycles. The number of para-hydroxylation sites is 1. The molecule has 0 atom stereocenters. The molecule has 0 radical (unpaired) electrons. The van der Waals surface area contributed by atoms with E-state index in [4.69, 9.17) is 0 Å². The zero-order valence-corrected chi connectivity index (χ0v) is 10.4. The number of benzene rings is 2. The minimum atomic E-state index is -0.153. The van der Waals surface area contributed by atoms with Crippen molar-refractivity contribution in [1.29, 1.82) is 0 Å². The molecule has 0 unspecified atom stereocenters. The SMILES string of the molecule is O=c1ccc2c(ccc3c(=O)c4ccccc4[nH]c32)[nH]1. The molecule has 20 heavy (non-hydrogen) atoms. The molecule has 0 bridgehead atoms. The van der Waals surface area contributed by atoms with Crippen molar-refractivity contribution in [3.63, 3.8) is 0 Å². The van der Waals surface area contributed by atoms with Crippen LogP contribution < -0.4 is 11.0 Å². The van der Waals surface area contributed by atoms with Gasteiger partial charge in [-0.1, -0.05) is 12.1 Å². The molecule has 0 amide bonds. The van der Waals surface area contributed by atoms with Gasteiger partial charge in [0.25, 0.3) is 0 Å². The number of aromatic amines is 2. The molecule has 0 saturated heterocycles. The molecule has 0 spiro atoms. The highest BCUT2D eigenvalue weighted by Gasteiger charge is 2.08. The van der Waals surface area contributed by atoms with Crippen LogP contribution >= 0.6 is 0 Å². The molecule has 0 aliphatic heterocycles. The van der Waals surface area contributed by atoms with E-state index in [9.17, 15) is 9.59 Å². The second-order valence-electron chi connectivity index (χ2n) is 4.77. The first-order valence-electron chi connectivity index (χ1n) is 6.31. The number of H-pyrrole nitrogens is 2. The van der Waals surface area contributed by atoms with Crippen LogP contribution in [-0.2, 0) is 0 Å². The van der Waals surface area contributed by atoms with Gasteiger partial charge >= 0.3 is 0 Å². The maximum atomic E-state index is 12.5. The lowest BCUT2D eigenvalue weighted by Crippen LogP contribution is -2.06. The van der Waals surface area contributed by atoms with Gasteiger partial charge < -0.3 is 9.97 Å². The highest BCUT2D eigenvalue weighted by Crippen LogP contribution is 2.21. The molecular formula is C16H10N2O2. The summed E-state index contributed by atoms with van der Waals surface area (Å²) in [5.41, 5.74) is 2.12. The number of nitrogens with one attached hydrogen (secondary N) is 2. The van der Waals surface area contributed by atoms with E-state index in [-0.39, 0.29) is 11.0 Å². The maximum Gasteiger partial charge on any atom is 0.248 e. The van der Waals surface area contributed by atoms with Crippen LogP contribution in [0.5, 0.6) is 0 Å². The van der Waals surface area contributed by atoms with Crippen molar-refractivity contribution in [3.8, 4) is 0 Å². The minimum Gasteiger partial charge on any atom is -0.354 e. The monoisotopic (exact) mass is 262 g/mol. The van der Waals surface area contributed by atoms with Crippen LogP contribution in [0.4, 0.5) is 0 Å². The third kappa shape index (κ3) is 1.42. The first kappa shape index (κ1) is 11.0. The van der Waals surface area contributed by atoms with E-state index >= 15 is 0 Å². The lowest BCUT2D eigenvalue weighted by molar-refractivity contribution is 1.31. The summed E-state index contributed by atoms with van der Waals surface area (Å²) in [4.78, 5) is 29.9. The molecule has 2 N–H and O–H groups in total. The van der Waals surface area contributed by atoms with Gasteiger partial charge in [0, 0.05) is 27.7 Å². The lowest BCUT2D eigenvalue weighted by atomic mass is 10.1. The summed E-state index contributed by atoms with van der Waals surface area (Å²) in [6, 6.07) is 14.1. The number of aromatic nitrogens is 2. The van der Waals surface area contributed by atoms with Gasteiger partial charge in [0.05, 0.1) is 11.0 Å². The number of rotatable bonds is 0. The fourth-order valence-corrected chi connectivity index (χ4v) is 2.63. The van der Waals surface area contributed by atoms with Crippen LogP contribution in [0.3, 0.4) is 0 Å². The molecule has 96 valence electrons. The summed E-state index contributed by atoms with van der Waals surface area (Å²) in [6.07, 6.45) is 0. The Morgan fingerprint density at radius 2 is 1.40 bits per heavy atom. The Labute approximate surface area is 112 Å². The molecule has 0 saturated carbocycles. The molecule has 0 aliphatic carbocycles. The topological polar surface area (TPSA) is 65.7 Å². The Morgan fingerprint density at radius 3 is 2.30 bits per heavy atom. The fraction of sp³-hybridized carbons (Fsp3) is 0. The summed E-state index contributed by atoms with van der Waals surface area (Å²) in [5, 5.41) is 2.14. The molecular weight excluding hydrogens is 252 g/mol. The molecule has 4 nitrogen and oxygen atoms in total. The largest absolute Gasteiger partial charge is 0.354 e. The number of hydrogen-bond acceptors (Lipinski definition) is 2. The Kier molecular flexibility index (Phi) is 2.09. The van der Waals surface area contributed by atoms with Gasteiger partial charge in [-0.3, -0.25) is 9.59 Å². The Balaban J connectivity index is 2.34. The normalized spacial score (nSPS) is 11.4. The van der Waals surface area contributed by atoms with Gasteiger partial charge in [-0.15, -0.1) is 0 Å². The Morgan fingerprint density at radius 1 is 0.650 bits per heavy atom. The zero-order valence-electron chi connectivity index (χ0n) is 10.4. The zero-order chi connectivity index (χ0) is 13.7. The van der Waals surface area contributed by atoms with Gasteiger partial charge in [0.1, 0.15) is 0 Å². The second-order valence-corrected chi connectivity index (χ2v) is 4.77. The van der Waals surface area contributed by atoms with Crippen molar-refractivity contribution in [2.45, 2.75) is 0 Å². The van der Waals surface area contributed by atoms with Crippen LogP contribution in [0, 0.1) is 0 Å². The molecule has 2 heterocycles. The average Bonchev–Trinajstić information content (AvgIpc) is 2.47. The van der Waals surface area contributed by atoms with E-state index in [1.165, 1.54) is 6.07 Å². The van der Waals surface area contributed by atoms with Crippen molar-refractivity contribution >= 4 is 32.7 Å². The predicted octanol–water partition coefficient (Wildman–Crippen LogP) is 2.52. The van der Waals surface area contributed by atoms with E-state index in [1.807, 2.05) is 24.3 Å². The Hall–Kier alpha value is -2.88. The molecule has 4 aromatic rings. The first-order valence-corrected chi connectivity index (χ1v) is 6.31. The van der Waals surface area contributed by atoms with Crippen molar-refractivity contribution in [2.24, 2.45) is 0 Å². The maximum absolute atomic E-state index is 12.5. The van der Waals surface area contributed by atoms with Gasteiger partial charge in [0.2, 0.25) is 5.56 Å². The van der Waals surface area contributed by atoms with Crippen LogP contribution in [0.1, 0.15) is 0 Å². The summed E-state index contributed by atoms with van der Waals surface area (Å²) in [5.74, 6) is 0. The van der Waals surface area contributed by atoms with Crippen molar-refractivity contribution < 1.29 is 0 Å². The average molecular weight is 262 g/mol. The summed E-state index contributed by atoms with van der Waals surface area (Å²) < 4.78 is 0. The third-order valence-corrected chi connectivity index (χ3v) is 3.58. The van der Waals surface area contributed by atoms with Crippen LogP contribution in [0.2, 0.25) is 0 Å². The molecule has 4 heteroatoms. The highest BCUT2D eigenvalue weighted by molar-refractivity contribution is 6.06. The number of pyridine rings is 2. The fourth-order valence-electron chi connectivity index (χ4n) is 2.63. The van der Waals surface area contributed by atoms with Crippen LogP contribution in [0.25, 0.3) is 32.7 Å². The van der Waals surface area contributed by atoms with E-state index in [0.717, 1.165) is 21.9 Å². The Bertz CT molecular complexity index is 1090. The standard InChI is InChI=1S/C16H10N2O2/c19-14-8-6-9-13(17-14)7-5-11-15(9)18-12-4-2-1-3-10(12)16(11)20/h1-8H,(H,17,19)(H,18,20). The minimum absolute atomic E-state index is 0.00227. The van der Waals surface area contributed by atoms with Crippen molar-refractivity contribution in [3.05, 3.63) is 69.1 Å². The van der Waals surface area contributed by atoms with Gasteiger partial charge in [0.15, 0.2) is 5.43 Å². The molecule has 4 rings (SSSR count). The van der Waals surface area contributed by atoms with E-state index < -0.39 is 0 Å². The summed E-state index contributed by atoms with van der Waals surface area (Å²) >= 11 is 0. The van der Waals surface area contributed by atoms with Gasteiger partial charge in [-0.25, -0.2) is 0 Å². The number of fused-ring (bicyclic) bond motifs is 4. The van der Waals surface area contributed by atoms with Gasteiger partial charge in [-0.2, -0.15) is 0 Å². The van der Waals surface area contributed by atoms with E-state index in [1.54, 1.807) is 18.2 Å². The second kappa shape index (κ2) is 3.81. The number of hydrogen-bond donors (Lipinski definition) is 2. The van der Waals surface area contributed by atoms with Crippen LogP contribution in [-0.4, -0.2) is 9.97 Å². The predicted molar refractivity (Wildman–Crippen MR) is 80.2 cm³/mol. The summed E-state index contributed by atoms with van der Waals surface area (Å²) in [7, 11) is 0. The smallest absolute Gasteiger partial charge is 0.248 e. The quantitative estimate of drug-likeness (QED) is 0.378. The van der Waals surface area contributed by atoms with Gasteiger partial charge in [-0.05, 0) is 30.3 Å². The van der Waals surface area contributed by atoms with E-state index in [0.29, 0.717) is 10.8 Å². The molecule has 0 fully saturated rings. The van der Waals surface area contributed by atoms with E-state index in [2.05, 4.69) is 9.97 Å². The summed E-state index contributed by atoms with van der Waals surface area (Å²) in [6.45, 7) is 0. The lowest BCUT2D eigenvalue weighted by Gasteiger charge is -2.05. The third-order valence-electron chi connectivity index (χ3n) is 3.58. The van der Waals surface area contributed by atoms with Crippen molar-refractivity contribution in [1.82, 2.24) is 9.97 Å². The highest BCUT2D eigenvalue weighted by atomic mass is 16.1.